The van der Waals surface area contributed by atoms with Gasteiger partial charge in [-0.2, -0.15) is 0 Å². The quantitative estimate of drug-likeness (QED) is 0.806. The Morgan fingerprint density at radius 3 is 2.63 bits per heavy atom. The molecule has 1 aliphatic rings. The third kappa shape index (κ3) is 5.49. The van der Waals surface area contributed by atoms with Gasteiger partial charge in [0.15, 0.2) is 0 Å². The van der Waals surface area contributed by atoms with Crippen LogP contribution >= 0.6 is 0 Å². The van der Waals surface area contributed by atoms with Crippen molar-refractivity contribution >= 4 is 12.0 Å². The van der Waals surface area contributed by atoms with Crippen molar-refractivity contribution in [1.29, 1.82) is 0 Å². The molecule has 0 bridgehead atoms. The minimum absolute atomic E-state index is 0.171. The van der Waals surface area contributed by atoms with Crippen LogP contribution in [0.15, 0.2) is 0 Å². The fourth-order valence-electron chi connectivity index (χ4n) is 2.77. The van der Waals surface area contributed by atoms with E-state index in [1.165, 1.54) is 11.3 Å². The summed E-state index contributed by atoms with van der Waals surface area (Å²) >= 11 is 0. The van der Waals surface area contributed by atoms with Crippen molar-refractivity contribution in [3.05, 3.63) is 0 Å². The molecular weight excluding hydrogens is 244 g/mol. The number of aliphatic carboxylic acids is 1. The summed E-state index contributed by atoms with van der Waals surface area (Å²) in [5.41, 5.74) is 0.262. The number of carboxylic acid groups (broad SMARTS) is 1. The molecule has 1 unspecified atom stereocenters. The number of amides is 2. The SMILES string of the molecule is CCCN(CC(=O)O)C(=O)NC1CCCC(C)(C)C1. The van der Waals surface area contributed by atoms with Gasteiger partial charge in [-0.05, 0) is 31.1 Å². The number of carbonyl (C=O) groups is 2. The second kappa shape index (κ2) is 6.78. The maximum Gasteiger partial charge on any atom is 0.323 e. The van der Waals surface area contributed by atoms with Crippen molar-refractivity contribution in [2.24, 2.45) is 5.41 Å². The van der Waals surface area contributed by atoms with Gasteiger partial charge in [0.25, 0.3) is 0 Å². The number of hydrogen-bond acceptors (Lipinski definition) is 2. The maximum atomic E-state index is 12.1. The first-order valence-electron chi connectivity index (χ1n) is 7.11. The van der Waals surface area contributed by atoms with Gasteiger partial charge in [0, 0.05) is 12.6 Å². The summed E-state index contributed by atoms with van der Waals surface area (Å²) in [7, 11) is 0. The van der Waals surface area contributed by atoms with Crippen LogP contribution in [0.5, 0.6) is 0 Å². The van der Waals surface area contributed by atoms with Crippen molar-refractivity contribution in [3.63, 3.8) is 0 Å². The van der Waals surface area contributed by atoms with Crippen LogP contribution in [-0.4, -0.2) is 41.1 Å². The van der Waals surface area contributed by atoms with Gasteiger partial charge in [-0.3, -0.25) is 4.79 Å². The van der Waals surface area contributed by atoms with E-state index in [-0.39, 0.29) is 24.0 Å². The number of carboxylic acids is 1. The molecule has 5 nitrogen and oxygen atoms in total. The molecule has 19 heavy (non-hydrogen) atoms. The van der Waals surface area contributed by atoms with Crippen molar-refractivity contribution in [3.8, 4) is 0 Å². The average Bonchev–Trinajstić information content (AvgIpc) is 2.26. The highest BCUT2D eigenvalue weighted by atomic mass is 16.4. The minimum Gasteiger partial charge on any atom is -0.480 e. The summed E-state index contributed by atoms with van der Waals surface area (Å²) in [6.45, 7) is 6.62. The first-order valence-corrected chi connectivity index (χ1v) is 7.11. The Bertz CT molecular complexity index is 329. The first-order chi connectivity index (χ1) is 8.84. The largest absolute Gasteiger partial charge is 0.480 e. The summed E-state index contributed by atoms with van der Waals surface area (Å²) in [4.78, 5) is 24.2. The van der Waals surface area contributed by atoms with Crippen LogP contribution in [0, 0.1) is 5.41 Å². The van der Waals surface area contributed by atoms with E-state index in [1.807, 2.05) is 6.92 Å². The second-order valence-corrected chi connectivity index (χ2v) is 6.22. The fraction of sp³-hybridized carbons (Fsp3) is 0.857. The molecule has 0 radical (unpaired) electrons. The zero-order valence-corrected chi connectivity index (χ0v) is 12.2. The van der Waals surface area contributed by atoms with Crippen LogP contribution in [-0.2, 0) is 4.79 Å². The second-order valence-electron chi connectivity index (χ2n) is 6.22. The lowest BCUT2D eigenvalue weighted by Crippen LogP contribution is -2.49. The molecule has 110 valence electrons. The van der Waals surface area contributed by atoms with E-state index in [0.29, 0.717) is 6.54 Å². The summed E-state index contributed by atoms with van der Waals surface area (Å²) in [5.74, 6) is -0.965. The van der Waals surface area contributed by atoms with E-state index in [4.69, 9.17) is 5.11 Å². The number of rotatable bonds is 5. The first kappa shape index (κ1) is 15.8. The van der Waals surface area contributed by atoms with Gasteiger partial charge in [-0.1, -0.05) is 27.2 Å². The topological polar surface area (TPSA) is 69.6 Å². The van der Waals surface area contributed by atoms with Gasteiger partial charge < -0.3 is 15.3 Å². The highest BCUT2D eigenvalue weighted by molar-refractivity contribution is 5.80. The third-order valence-electron chi connectivity index (χ3n) is 3.64. The molecular formula is C14H26N2O3. The molecule has 1 fully saturated rings. The van der Waals surface area contributed by atoms with Gasteiger partial charge in [-0.25, -0.2) is 4.79 Å². The van der Waals surface area contributed by atoms with Crippen molar-refractivity contribution in [2.75, 3.05) is 13.1 Å². The Balaban J connectivity index is 2.53. The van der Waals surface area contributed by atoms with Crippen molar-refractivity contribution < 1.29 is 14.7 Å². The van der Waals surface area contributed by atoms with Gasteiger partial charge in [0.05, 0.1) is 0 Å². The summed E-state index contributed by atoms with van der Waals surface area (Å²) in [6.07, 6.45) is 5.02. The Kier molecular flexibility index (Phi) is 5.63. The van der Waals surface area contributed by atoms with Crippen molar-refractivity contribution in [2.45, 2.75) is 58.9 Å². The highest BCUT2D eigenvalue weighted by Gasteiger charge is 2.29. The molecule has 0 spiro atoms. The van der Waals surface area contributed by atoms with E-state index in [2.05, 4.69) is 19.2 Å². The molecule has 1 saturated carbocycles. The Morgan fingerprint density at radius 1 is 1.42 bits per heavy atom. The van der Waals surface area contributed by atoms with E-state index < -0.39 is 5.97 Å². The standard InChI is InChI=1S/C14H26N2O3/c1-4-8-16(10-12(17)18)13(19)15-11-6-5-7-14(2,3)9-11/h11H,4-10H2,1-3H3,(H,15,19)(H,17,18). The number of urea groups is 1. The zero-order chi connectivity index (χ0) is 14.5. The molecule has 0 aliphatic heterocycles. The molecule has 1 aliphatic carbocycles. The van der Waals surface area contributed by atoms with Crippen LogP contribution in [0.4, 0.5) is 4.79 Å². The summed E-state index contributed by atoms with van der Waals surface area (Å²) < 4.78 is 0. The molecule has 0 heterocycles. The number of carbonyl (C=O) groups excluding carboxylic acids is 1. The van der Waals surface area contributed by atoms with E-state index in [1.54, 1.807) is 0 Å². The molecule has 0 aromatic rings. The van der Waals surface area contributed by atoms with Crippen molar-refractivity contribution in [1.82, 2.24) is 10.2 Å². The zero-order valence-electron chi connectivity index (χ0n) is 12.2. The van der Waals surface area contributed by atoms with Crippen LogP contribution < -0.4 is 5.32 Å². The molecule has 5 heteroatoms. The molecule has 0 aromatic heterocycles. The Labute approximate surface area is 115 Å². The van der Waals surface area contributed by atoms with Crippen LogP contribution in [0.3, 0.4) is 0 Å². The summed E-state index contributed by atoms with van der Waals surface area (Å²) in [5, 5.41) is 11.8. The lowest BCUT2D eigenvalue weighted by molar-refractivity contribution is -0.137. The number of nitrogens with one attached hydrogen (secondary N) is 1. The van der Waals surface area contributed by atoms with Crippen LogP contribution in [0.1, 0.15) is 52.9 Å². The fourth-order valence-corrected chi connectivity index (χ4v) is 2.77. The molecule has 0 aromatic carbocycles. The number of hydrogen-bond donors (Lipinski definition) is 2. The van der Waals surface area contributed by atoms with E-state index in [0.717, 1.165) is 25.7 Å². The molecule has 0 saturated heterocycles. The Morgan fingerprint density at radius 2 is 2.11 bits per heavy atom. The number of nitrogens with zero attached hydrogens (tertiary/aromatic N) is 1. The third-order valence-corrected chi connectivity index (χ3v) is 3.64. The predicted octanol–water partition coefficient (Wildman–Crippen LogP) is 2.46. The van der Waals surface area contributed by atoms with Gasteiger partial charge in [0.1, 0.15) is 6.54 Å². The monoisotopic (exact) mass is 270 g/mol. The molecule has 2 N–H and O–H groups in total. The Hall–Kier alpha value is -1.26. The van der Waals surface area contributed by atoms with Crippen LogP contribution in [0.2, 0.25) is 0 Å². The van der Waals surface area contributed by atoms with E-state index >= 15 is 0 Å². The molecule has 1 rings (SSSR count). The highest BCUT2D eigenvalue weighted by Crippen LogP contribution is 2.35. The average molecular weight is 270 g/mol. The van der Waals surface area contributed by atoms with Crippen LogP contribution in [0.25, 0.3) is 0 Å². The van der Waals surface area contributed by atoms with Gasteiger partial charge >= 0.3 is 12.0 Å². The molecule has 2 amide bonds. The van der Waals surface area contributed by atoms with Gasteiger partial charge in [0.2, 0.25) is 0 Å². The minimum atomic E-state index is -0.965. The smallest absolute Gasteiger partial charge is 0.323 e. The lowest BCUT2D eigenvalue weighted by Gasteiger charge is -2.36. The molecule has 1 atom stereocenters. The lowest BCUT2D eigenvalue weighted by atomic mass is 9.75. The van der Waals surface area contributed by atoms with Gasteiger partial charge in [-0.15, -0.1) is 0 Å². The summed E-state index contributed by atoms with van der Waals surface area (Å²) in [6, 6.07) is -0.0728. The van der Waals surface area contributed by atoms with E-state index in [9.17, 15) is 9.59 Å². The maximum absolute atomic E-state index is 12.1. The predicted molar refractivity (Wildman–Crippen MR) is 74.1 cm³/mol. The normalized spacial score (nSPS) is 21.7.